The summed E-state index contributed by atoms with van der Waals surface area (Å²) in [6.07, 6.45) is -0.644. The number of carbonyl (C=O) groups excluding carboxylic acids is 3. The molecular weight excluding hydrogens is 321 g/mol. The molecule has 130 valence electrons. The second kappa shape index (κ2) is 8.61. The first-order valence-corrected chi connectivity index (χ1v) is 7.02. The molecule has 1 aromatic carbocycles. The summed E-state index contributed by atoms with van der Waals surface area (Å²) in [5.74, 6) is -4.02. The van der Waals surface area contributed by atoms with Crippen LogP contribution >= 0.6 is 0 Å². The molecule has 3 amide bonds. The van der Waals surface area contributed by atoms with Crippen molar-refractivity contribution < 1.29 is 28.7 Å². The minimum absolute atomic E-state index is 0.0320. The fraction of sp³-hybridized carbons (Fsp3) is 0.333. The van der Waals surface area contributed by atoms with E-state index in [1.54, 1.807) is 0 Å². The van der Waals surface area contributed by atoms with Crippen LogP contribution < -0.4 is 16.4 Å². The molecule has 0 aliphatic heterocycles. The Morgan fingerprint density at radius 1 is 1.12 bits per heavy atom. The van der Waals surface area contributed by atoms with Gasteiger partial charge in [0.2, 0.25) is 17.7 Å². The average Bonchev–Trinajstić information content (AvgIpc) is 2.47. The van der Waals surface area contributed by atoms with E-state index >= 15 is 0 Å². The summed E-state index contributed by atoms with van der Waals surface area (Å²) >= 11 is 0. The number of carbonyl (C=O) groups is 4. The fourth-order valence-corrected chi connectivity index (χ4v) is 1.98. The lowest BCUT2D eigenvalue weighted by Crippen LogP contribution is -2.53. The van der Waals surface area contributed by atoms with Gasteiger partial charge in [0.1, 0.15) is 17.9 Å². The smallest absolute Gasteiger partial charge is 0.305 e. The second-order valence-corrected chi connectivity index (χ2v) is 5.15. The first-order valence-electron chi connectivity index (χ1n) is 7.02. The molecule has 0 heterocycles. The van der Waals surface area contributed by atoms with E-state index in [1.807, 2.05) is 0 Å². The Hall–Kier alpha value is -2.97. The molecular formula is C15H18FN3O5. The van der Waals surface area contributed by atoms with Crippen LogP contribution in [0.15, 0.2) is 24.3 Å². The predicted octanol–water partition coefficient (Wildman–Crippen LogP) is -0.682. The number of benzene rings is 1. The van der Waals surface area contributed by atoms with Crippen molar-refractivity contribution in [3.63, 3.8) is 0 Å². The molecule has 9 heteroatoms. The highest BCUT2D eigenvalue weighted by molar-refractivity contribution is 5.93. The van der Waals surface area contributed by atoms with Crippen molar-refractivity contribution in [2.45, 2.75) is 31.8 Å². The predicted molar refractivity (Wildman–Crippen MR) is 81.1 cm³/mol. The molecule has 5 N–H and O–H groups in total. The molecule has 0 saturated heterocycles. The van der Waals surface area contributed by atoms with Crippen molar-refractivity contribution in [3.8, 4) is 0 Å². The number of primary amides is 1. The number of hydrogen-bond donors (Lipinski definition) is 4. The van der Waals surface area contributed by atoms with E-state index in [-0.39, 0.29) is 6.42 Å². The Balaban J connectivity index is 2.87. The Morgan fingerprint density at radius 2 is 1.71 bits per heavy atom. The lowest BCUT2D eigenvalue weighted by Gasteiger charge is -2.20. The van der Waals surface area contributed by atoms with Crippen molar-refractivity contribution >= 4 is 23.7 Å². The third-order valence-corrected chi connectivity index (χ3v) is 3.09. The minimum atomic E-state index is -1.40. The summed E-state index contributed by atoms with van der Waals surface area (Å²) < 4.78 is 12.9. The highest BCUT2D eigenvalue weighted by atomic mass is 19.1. The molecule has 0 spiro atoms. The number of carboxylic acid groups (broad SMARTS) is 1. The maximum atomic E-state index is 12.9. The molecule has 1 aromatic rings. The van der Waals surface area contributed by atoms with E-state index < -0.39 is 48.0 Å². The lowest BCUT2D eigenvalue weighted by atomic mass is 10.0. The van der Waals surface area contributed by atoms with Crippen molar-refractivity contribution in [1.82, 2.24) is 10.6 Å². The molecule has 0 bridgehead atoms. The van der Waals surface area contributed by atoms with Gasteiger partial charge in [0.15, 0.2) is 0 Å². The second-order valence-electron chi connectivity index (χ2n) is 5.15. The molecule has 0 saturated carbocycles. The molecule has 24 heavy (non-hydrogen) atoms. The molecule has 0 unspecified atom stereocenters. The van der Waals surface area contributed by atoms with Crippen LogP contribution in [0.5, 0.6) is 0 Å². The number of aliphatic carboxylic acids is 1. The average molecular weight is 339 g/mol. The standard InChI is InChI=1S/C15H18FN3O5/c1-8(20)18-12(6-9-2-4-10(16)5-3-9)15(24)19-11(14(17)23)7-13(21)22/h2-5,11-12H,6-7H2,1H3,(H2,17,23)(H,18,20)(H,19,24)(H,21,22)/t11-,12+/m1/s1. The number of nitrogens with two attached hydrogens (primary N) is 1. The van der Waals surface area contributed by atoms with Gasteiger partial charge in [-0.2, -0.15) is 0 Å². The molecule has 1 rings (SSSR count). The van der Waals surface area contributed by atoms with E-state index in [2.05, 4.69) is 10.6 Å². The monoisotopic (exact) mass is 339 g/mol. The van der Waals surface area contributed by atoms with Crippen molar-refractivity contribution in [2.75, 3.05) is 0 Å². The Morgan fingerprint density at radius 3 is 2.17 bits per heavy atom. The number of carboxylic acids is 1. The van der Waals surface area contributed by atoms with Crippen LogP contribution in [-0.4, -0.2) is 40.9 Å². The zero-order chi connectivity index (χ0) is 18.3. The van der Waals surface area contributed by atoms with Crippen LogP contribution in [0.25, 0.3) is 0 Å². The third-order valence-electron chi connectivity index (χ3n) is 3.09. The summed E-state index contributed by atoms with van der Waals surface area (Å²) in [6, 6.07) is 2.83. The quantitative estimate of drug-likeness (QED) is 0.497. The van der Waals surface area contributed by atoms with E-state index in [0.717, 1.165) is 0 Å². The Bertz CT molecular complexity index is 633. The largest absolute Gasteiger partial charge is 0.481 e. The number of nitrogens with one attached hydrogen (secondary N) is 2. The third kappa shape index (κ3) is 6.42. The number of halogens is 1. The van der Waals surface area contributed by atoms with Crippen molar-refractivity contribution in [1.29, 1.82) is 0 Å². The molecule has 8 nitrogen and oxygen atoms in total. The van der Waals surface area contributed by atoms with E-state index in [4.69, 9.17) is 10.8 Å². The molecule has 0 fully saturated rings. The van der Waals surface area contributed by atoms with Gasteiger partial charge in [0.25, 0.3) is 0 Å². The lowest BCUT2D eigenvalue weighted by molar-refractivity contribution is -0.140. The van der Waals surface area contributed by atoms with Gasteiger partial charge in [-0.3, -0.25) is 19.2 Å². The van der Waals surface area contributed by atoms with Gasteiger partial charge in [-0.25, -0.2) is 4.39 Å². The Labute approximate surface area is 137 Å². The van der Waals surface area contributed by atoms with Gasteiger partial charge in [0.05, 0.1) is 6.42 Å². The van der Waals surface area contributed by atoms with Crippen molar-refractivity contribution in [2.24, 2.45) is 5.73 Å². The maximum Gasteiger partial charge on any atom is 0.305 e. The maximum absolute atomic E-state index is 12.9. The van der Waals surface area contributed by atoms with Gasteiger partial charge >= 0.3 is 5.97 Å². The molecule has 0 aromatic heterocycles. The van der Waals surface area contributed by atoms with E-state index in [1.165, 1.54) is 31.2 Å². The summed E-state index contributed by atoms with van der Waals surface area (Å²) in [7, 11) is 0. The Kier molecular flexibility index (Phi) is 6.84. The zero-order valence-electron chi connectivity index (χ0n) is 12.9. The highest BCUT2D eigenvalue weighted by Gasteiger charge is 2.26. The highest BCUT2D eigenvalue weighted by Crippen LogP contribution is 2.07. The SMILES string of the molecule is CC(=O)N[C@@H](Cc1ccc(F)cc1)C(=O)N[C@H](CC(=O)O)C(N)=O. The van der Waals surface area contributed by atoms with E-state index in [9.17, 15) is 23.6 Å². The van der Waals surface area contributed by atoms with Crippen LogP contribution in [0.1, 0.15) is 18.9 Å². The summed E-state index contributed by atoms with van der Waals surface area (Å²) in [4.78, 5) is 45.4. The van der Waals surface area contributed by atoms with Gasteiger partial charge in [-0.15, -0.1) is 0 Å². The van der Waals surface area contributed by atoms with Gasteiger partial charge < -0.3 is 21.5 Å². The van der Waals surface area contributed by atoms with Crippen LogP contribution in [0.4, 0.5) is 4.39 Å². The minimum Gasteiger partial charge on any atom is -0.481 e. The van der Waals surface area contributed by atoms with Crippen LogP contribution in [-0.2, 0) is 25.6 Å². The zero-order valence-corrected chi connectivity index (χ0v) is 12.9. The van der Waals surface area contributed by atoms with Gasteiger partial charge in [-0.1, -0.05) is 12.1 Å². The summed E-state index contributed by atoms with van der Waals surface area (Å²) in [5, 5.41) is 13.3. The molecule has 0 radical (unpaired) electrons. The molecule has 0 aliphatic carbocycles. The number of hydrogen-bond acceptors (Lipinski definition) is 4. The fourth-order valence-electron chi connectivity index (χ4n) is 1.98. The van der Waals surface area contributed by atoms with Crippen molar-refractivity contribution in [3.05, 3.63) is 35.6 Å². The number of rotatable bonds is 8. The topological polar surface area (TPSA) is 139 Å². The van der Waals surface area contributed by atoms with Gasteiger partial charge in [-0.05, 0) is 17.7 Å². The first kappa shape index (κ1) is 19.1. The normalized spacial score (nSPS) is 12.8. The van der Waals surface area contributed by atoms with Crippen LogP contribution in [0, 0.1) is 5.82 Å². The summed E-state index contributed by atoms with van der Waals surface area (Å²) in [5.41, 5.74) is 5.63. The van der Waals surface area contributed by atoms with Crippen LogP contribution in [0.2, 0.25) is 0 Å². The van der Waals surface area contributed by atoms with Gasteiger partial charge in [0, 0.05) is 13.3 Å². The summed E-state index contributed by atoms with van der Waals surface area (Å²) in [6.45, 7) is 1.20. The first-order chi connectivity index (χ1) is 11.2. The molecule has 2 atom stereocenters. The van der Waals surface area contributed by atoms with E-state index in [0.29, 0.717) is 5.56 Å². The molecule has 0 aliphatic rings. The van der Waals surface area contributed by atoms with Crippen LogP contribution in [0.3, 0.4) is 0 Å². The number of amides is 3.